The lowest BCUT2D eigenvalue weighted by Gasteiger charge is -2.35. The van der Waals surface area contributed by atoms with Crippen LogP contribution in [0.2, 0.25) is 0 Å². The van der Waals surface area contributed by atoms with Crippen LogP contribution in [-0.4, -0.2) is 37.8 Å². The summed E-state index contributed by atoms with van der Waals surface area (Å²) in [5.41, 5.74) is 1.52. The molecule has 0 aliphatic carbocycles. The average molecular weight is 254 g/mol. The number of aryl methyl sites for hydroxylation is 1. The molecular weight excluding hydrogens is 234 g/mol. The maximum Gasteiger partial charge on any atom is 0.128 e. The van der Waals surface area contributed by atoms with Crippen molar-refractivity contribution < 1.29 is 8.78 Å². The minimum atomic E-state index is -0.415. The third-order valence-electron chi connectivity index (χ3n) is 3.49. The minimum absolute atomic E-state index is 0.141. The Labute approximate surface area is 107 Å². The standard InChI is InChI=1S/C14H20F2N2/c1-11-2-3-12(13(16)10-11)14(4-5-15)18-8-6-17-7-9-18/h2-3,10,14,17H,4-9H2,1H3/t14-/m0/s1. The molecule has 1 aliphatic rings. The van der Waals surface area contributed by atoms with Crippen molar-refractivity contribution in [2.24, 2.45) is 0 Å². The fourth-order valence-corrected chi connectivity index (χ4v) is 2.53. The van der Waals surface area contributed by atoms with E-state index in [-0.39, 0.29) is 11.9 Å². The number of nitrogens with one attached hydrogen (secondary N) is 1. The number of nitrogens with zero attached hydrogens (tertiary/aromatic N) is 1. The summed E-state index contributed by atoms with van der Waals surface area (Å²) in [6.07, 6.45) is 0.361. The number of alkyl halides is 1. The molecule has 0 radical (unpaired) electrons. The Kier molecular flexibility index (Phi) is 4.66. The molecule has 1 N–H and O–H groups in total. The molecule has 0 spiro atoms. The first-order valence-corrected chi connectivity index (χ1v) is 6.49. The van der Waals surface area contributed by atoms with Gasteiger partial charge in [-0.2, -0.15) is 0 Å². The molecule has 0 unspecified atom stereocenters. The van der Waals surface area contributed by atoms with Gasteiger partial charge in [-0.25, -0.2) is 4.39 Å². The number of halogens is 2. The van der Waals surface area contributed by atoms with Gasteiger partial charge in [0.05, 0.1) is 6.67 Å². The maximum absolute atomic E-state index is 14.0. The fourth-order valence-electron chi connectivity index (χ4n) is 2.53. The molecule has 1 fully saturated rings. The molecule has 1 atom stereocenters. The van der Waals surface area contributed by atoms with Crippen molar-refractivity contribution in [3.63, 3.8) is 0 Å². The third kappa shape index (κ3) is 3.06. The van der Waals surface area contributed by atoms with Crippen molar-refractivity contribution in [1.82, 2.24) is 10.2 Å². The highest BCUT2D eigenvalue weighted by Gasteiger charge is 2.24. The Bertz CT molecular complexity index is 389. The molecule has 0 aromatic heterocycles. The molecule has 100 valence electrons. The highest BCUT2D eigenvalue weighted by atomic mass is 19.1. The van der Waals surface area contributed by atoms with Crippen molar-refractivity contribution in [2.75, 3.05) is 32.9 Å². The molecule has 4 heteroatoms. The summed E-state index contributed by atoms with van der Waals surface area (Å²) < 4.78 is 26.7. The van der Waals surface area contributed by atoms with Crippen LogP contribution in [-0.2, 0) is 0 Å². The molecular formula is C14H20F2N2. The second-order valence-electron chi connectivity index (χ2n) is 4.80. The number of piperazine rings is 1. The zero-order valence-electron chi connectivity index (χ0n) is 10.8. The quantitative estimate of drug-likeness (QED) is 0.888. The first-order chi connectivity index (χ1) is 8.72. The van der Waals surface area contributed by atoms with Gasteiger partial charge in [0.1, 0.15) is 5.82 Å². The Hall–Kier alpha value is -1.00. The summed E-state index contributed by atoms with van der Waals surface area (Å²) in [6, 6.07) is 5.08. The van der Waals surface area contributed by atoms with Gasteiger partial charge in [0.25, 0.3) is 0 Å². The van der Waals surface area contributed by atoms with Gasteiger partial charge in [-0.15, -0.1) is 0 Å². The van der Waals surface area contributed by atoms with E-state index < -0.39 is 6.67 Å². The van der Waals surface area contributed by atoms with E-state index in [1.807, 2.05) is 13.0 Å². The number of hydrogen-bond donors (Lipinski definition) is 1. The summed E-state index contributed by atoms with van der Waals surface area (Å²) in [4.78, 5) is 2.17. The monoisotopic (exact) mass is 254 g/mol. The Morgan fingerprint density at radius 1 is 1.33 bits per heavy atom. The van der Waals surface area contributed by atoms with E-state index in [4.69, 9.17) is 0 Å². The molecule has 1 aromatic rings. The van der Waals surface area contributed by atoms with E-state index in [1.54, 1.807) is 6.07 Å². The molecule has 1 aliphatic heterocycles. The Morgan fingerprint density at radius 2 is 2.06 bits per heavy atom. The van der Waals surface area contributed by atoms with Gasteiger partial charge in [0.2, 0.25) is 0 Å². The number of hydrogen-bond acceptors (Lipinski definition) is 2. The van der Waals surface area contributed by atoms with Crippen molar-refractivity contribution in [1.29, 1.82) is 0 Å². The number of rotatable bonds is 4. The largest absolute Gasteiger partial charge is 0.314 e. The first-order valence-electron chi connectivity index (χ1n) is 6.49. The molecule has 1 aromatic carbocycles. The Morgan fingerprint density at radius 3 is 2.67 bits per heavy atom. The van der Waals surface area contributed by atoms with Crippen LogP contribution in [0.3, 0.4) is 0 Å². The lowest BCUT2D eigenvalue weighted by Crippen LogP contribution is -2.45. The molecule has 2 nitrogen and oxygen atoms in total. The van der Waals surface area contributed by atoms with Gasteiger partial charge < -0.3 is 5.32 Å². The second kappa shape index (κ2) is 6.25. The SMILES string of the molecule is Cc1ccc([C@H](CCF)N2CCNCC2)c(F)c1. The molecule has 0 saturated carbocycles. The highest BCUT2D eigenvalue weighted by molar-refractivity contribution is 5.26. The van der Waals surface area contributed by atoms with Crippen LogP contribution in [0.15, 0.2) is 18.2 Å². The lowest BCUT2D eigenvalue weighted by molar-refractivity contribution is 0.154. The predicted octanol–water partition coefficient (Wildman–Crippen LogP) is 2.44. The molecule has 18 heavy (non-hydrogen) atoms. The van der Waals surface area contributed by atoms with E-state index in [2.05, 4.69) is 10.2 Å². The van der Waals surface area contributed by atoms with Crippen LogP contribution in [0.4, 0.5) is 8.78 Å². The minimum Gasteiger partial charge on any atom is -0.314 e. The van der Waals surface area contributed by atoms with E-state index in [0.717, 1.165) is 31.7 Å². The van der Waals surface area contributed by atoms with Crippen molar-refractivity contribution >= 4 is 0 Å². The summed E-state index contributed by atoms with van der Waals surface area (Å²) in [5, 5.41) is 3.26. The van der Waals surface area contributed by atoms with Crippen LogP contribution in [0.5, 0.6) is 0 Å². The van der Waals surface area contributed by atoms with Gasteiger partial charge in [-0.05, 0) is 25.0 Å². The van der Waals surface area contributed by atoms with Gasteiger partial charge >= 0.3 is 0 Å². The van der Waals surface area contributed by atoms with Gasteiger partial charge in [0.15, 0.2) is 0 Å². The normalized spacial score (nSPS) is 18.8. The van der Waals surface area contributed by atoms with Crippen LogP contribution in [0, 0.1) is 12.7 Å². The fraction of sp³-hybridized carbons (Fsp3) is 0.571. The zero-order valence-corrected chi connectivity index (χ0v) is 10.8. The molecule has 1 saturated heterocycles. The van der Waals surface area contributed by atoms with Crippen LogP contribution < -0.4 is 5.32 Å². The van der Waals surface area contributed by atoms with E-state index in [9.17, 15) is 8.78 Å². The van der Waals surface area contributed by atoms with E-state index >= 15 is 0 Å². The van der Waals surface area contributed by atoms with Crippen LogP contribution >= 0.6 is 0 Å². The van der Waals surface area contributed by atoms with Gasteiger partial charge in [-0.3, -0.25) is 9.29 Å². The van der Waals surface area contributed by atoms with E-state index in [0.29, 0.717) is 12.0 Å². The topological polar surface area (TPSA) is 15.3 Å². The molecule has 2 rings (SSSR count). The number of benzene rings is 1. The lowest BCUT2D eigenvalue weighted by atomic mass is 9.99. The second-order valence-corrected chi connectivity index (χ2v) is 4.80. The Balaban J connectivity index is 2.22. The summed E-state index contributed by atoms with van der Waals surface area (Å²) in [7, 11) is 0. The first kappa shape index (κ1) is 13.4. The van der Waals surface area contributed by atoms with Crippen molar-refractivity contribution in [2.45, 2.75) is 19.4 Å². The van der Waals surface area contributed by atoms with Gasteiger partial charge in [0, 0.05) is 37.8 Å². The third-order valence-corrected chi connectivity index (χ3v) is 3.49. The van der Waals surface area contributed by atoms with Crippen LogP contribution in [0.1, 0.15) is 23.6 Å². The molecule has 0 bridgehead atoms. The molecule has 1 heterocycles. The molecule has 0 amide bonds. The van der Waals surface area contributed by atoms with Gasteiger partial charge in [-0.1, -0.05) is 12.1 Å². The summed E-state index contributed by atoms with van der Waals surface area (Å²) in [6.45, 7) is 4.91. The average Bonchev–Trinajstić information content (AvgIpc) is 2.38. The zero-order chi connectivity index (χ0) is 13.0. The predicted molar refractivity (Wildman–Crippen MR) is 68.9 cm³/mol. The maximum atomic E-state index is 14.0. The van der Waals surface area contributed by atoms with Crippen molar-refractivity contribution in [3.05, 3.63) is 35.1 Å². The smallest absolute Gasteiger partial charge is 0.128 e. The summed E-state index contributed by atoms with van der Waals surface area (Å²) >= 11 is 0. The van der Waals surface area contributed by atoms with Crippen LogP contribution in [0.25, 0.3) is 0 Å². The van der Waals surface area contributed by atoms with Crippen molar-refractivity contribution in [3.8, 4) is 0 Å². The summed E-state index contributed by atoms with van der Waals surface area (Å²) in [5.74, 6) is -0.216. The van der Waals surface area contributed by atoms with E-state index in [1.165, 1.54) is 6.07 Å². The highest BCUT2D eigenvalue weighted by Crippen LogP contribution is 2.27.